The normalized spacial score (nSPS) is 12.7. The zero-order valence-corrected chi connectivity index (χ0v) is 13.7. The van der Waals surface area contributed by atoms with E-state index in [0.717, 1.165) is 30.8 Å². The van der Waals surface area contributed by atoms with E-state index in [-0.39, 0.29) is 5.78 Å². The lowest BCUT2D eigenvalue weighted by molar-refractivity contribution is 0.101. The number of carbonyl (C=O) groups is 1. The Kier molecular flexibility index (Phi) is 4.50. The third-order valence-corrected chi connectivity index (χ3v) is 4.97. The van der Waals surface area contributed by atoms with Gasteiger partial charge in [-0.3, -0.25) is 4.79 Å². The van der Waals surface area contributed by atoms with Crippen molar-refractivity contribution < 1.29 is 4.79 Å². The average molecular weight is 312 g/mol. The zero-order valence-electron chi connectivity index (χ0n) is 12.9. The summed E-state index contributed by atoms with van der Waals surface area (Å²) in [6, 6.07) is 14.5. The molecule has 0 atom stereocenters. The first-order valence-corrected chi connectivity index (χ1v) is 8.36. The monoisotopic (exact) mass is 312 g/mol. The van der Waals surface area contributed by atoms with Gasteiger partial charge in [0.25, 0.3) is 0 Å². The van der Waals surface area contributed by atoms with Crippen molar-refractivity contribution >= 4 is 28.9 Å². The highest BCUT2D eigenvalue weighted by Gasteiger charge is 2.23. The second-order valence-corrected chi connectivity index (χ2v) is 6.50. The molecule has 1 N–H and O–H groups in total. The van der Waals surface area contributed by atoms with Gasteiger partial charge in [0, 0.05) is 21.9 Å². The van der Waals surface area contributed by atoms with Crippen LogP contribution < -0.4 is 10.2 Å². The molecule has 0 fully saturated rings. The molecule has 1 heterocycles. The standard InChI is InChI=1S/C18H20N2OS/c1-13(21)14-8-9-18-16(12-14)20(11-5-10-19-2)15-6-3-4-7-17(15)22-18/h3-4,6-9,12,19H,5,10-11H2,1-2H3. The molecule has 0 aliphatic carbocycles. The molecule has 0 bridgehead atoms. The molecule has 0 amide bonds. The first kappa shape index (κ1) is 15.1. The Balaban J connectivity index is 2.02. The van der Waals surface area contributed by atoms with E-state index in [4.69, 9.17) is 0 Å². The van der Waals surface area contributed by atoms with Crippen LogP contribution in [0.5, 0.6) is 0 Å². The summed E-state index contributed by atoms with van der Waals surface area (Å²) in [5.41, 5.74) is 3.15. The van der Waals surface area contributed by atoms with Crippen molar-refractivity contribution in [2.75, 3.05) is 25.0 Å². The van der Waals surface area contributed by atoms with Crippen LogP contribution in [-0.4, -0.2) is 25.9 Å². The van der Waals surface area contributed by atoms with Crippen LogP contribution in [0.4, 0.5) is 11.4 Å². The van der Waals surface area contributed by atoms with Gasteiger partial charge in [0.05, 0.1) is 11.4 Å². The third kappa shape index (κ3) is 2.89. The fourth-order valence-corrected chi connectivity index (χ4v) is 3.78. The van der Waals surface area contributed by atoms with Crippen molar-refractivity contribution in [3.8, 4) is 0 Å². The van der Waals surface area contributed by atoms with E-state index in [1.54, 1.807) is 18.7 Å². The highest BCUT2D eigenvalue weighted by atomic mass is 32.2. The minimum atomic E-state index is 0.113. The Bertz CT molecular complexity index is 699. The molecule has 2 aromatic carbocycles. The maximum atomic E-state index is 11.7. The van der Waals surface area contributed by atoms with E-state index >= 15 is 0 Å². The summed E-state index contributed by atoms with van der Waals surface area (Å²) in [6.07, 6.45) is 1.05. The Morgan fingerprint density at radius 2 is 1.91 bits per heavy atom. The number of nitrogens with zero attached hydrogens (tertiary/aromatic N) is 1. The Morgan fingerprint density at radius 1 is 1.14 bits per heavy atom. The number of Topliss-reactive ketones (excluding diaryl/α,β-unsaturated/α-hetero) is 1. The minimum Gasteiger partial charge on any atom is -0.340 e. The Morgan fingerprint density at radius 3 is 2.68 bits per heavy atom. The fourth-order valence-electron chi connectivity index (χ4n) is 2.70. The number of ketones is 1. The number of anilines is 2. The predicted octanol–water partition coefficient (Wildman–Crippen LogP) is 4.10. The zero-order chi connectivity index (χ0) is 15.5. The highest BCUT2D eigenvalue weighted by molar-refractivity contribution is 7.99. The van der Waals surface area contributed by atoms with E-state index in [2.05, 4.69) is 40.5 Å². The summed E-state index contributed by atoms with van der Waals surface area (Å²) < 4.78 is 0. The maximum absolute atomic E-state index is 11.7. The van der Waals surface area contributed by atoms with Crippen LogP contribution in [0.2, 0.25) is 0 Å². The summed E-state index contributed by atoms with van der Waals surface area (Å²) >= 11 is 1.78. The van der Waals surface area contributed by atoms with Crippen LogP contribution in [-0.2, 0) is 0 Å². The molecule has 1 aliphatic rings. The topological polar surface area (TPSA) is 32.3 Å². The number of fused-ring (bicyclic) bond motifs is 2. The van der Waals surface area contributed by atoms with Crippen LogP contribution >= 0.6 is 11.8 Å². The van der Waals surface area contributed by atoms with Crippen LogP contribution in [0, 0.1) is 0 Å². The number of hydrogen-bond acceptors (Lipinski definition) is 4. The molecular formula is C18H20N2OS. The molecule has 0 radical (unpaired) electrons. The molecule has 3 rings (SSSR count). The summed E-state index contributed by atoms with van der Waals surface area (Å²) in [6.45, 7) is 3.54. The van der Waals surface area contributed by atoms with Crippen LogP contribution in [0.1, 0.15) is 23.7 Å². The molecule has 3 nitrogen and oxygen atoms in total. The molecule has 4 heteroatoms. The minimum absolute atomic E-state index is 0.113. The van der Waals surface area contributed by atoms with E-state index in [0.29, 0.717) is 0 Å². The molecule has 2 aromatic rings. The second-order valence-electron chi connectivity index (χ2n) is 5.42. The summed E-state index contributed by atoms with van der Waals surface area (Å²) in [4.78, 5) is 16.5. The smallest absolute Gasteiger partial charge is 0.159 e. The lowest BCUT2D eigenvalue weighted by atomic mass is 10.1. The largest absolute Gasteiger partial charge is 0.340 e. The van der Waals surface area contributed by atoms with E-state index in [9.17, 15) is 4.79 Å². The van der Waals surface area contributed by atoms with Gasteiger partial charge in [-0.1, -0.05) is 30.0 Å². The van der Waals surface area contributed by atoms with Crippen molar-refractivity contribution in [1.29, 1.82) is 0 Å². The number of para-hydroxylation sites is 1. The molecule has 0 saturated heterocycles. The van der Waals surface area contributed by atoms with E-state index in [1.807, 2.05) is 19.2 Å². The van der Waals surface area contributed by atoms with Gasteiger partial charge in [0.15, 0.2) is 5.78 Å². The third-order valence-electron chi connectivity index (χ3n) is 3.84. The highest BCUT2D eigenvalue weighted by Crippen LogP contribution is 2.48. The van der Waals surface area contributed by atoms with Gasteiger partial charge in [-0.25, -0.2) is 0 Å². The first-order chi connectivity index (χ1) is 10.7. The van der Waals surface area contributed by atoms with Crippen molar-refractivity contribution in [3.05, 3.63) is 48.0 Å². The van der Waals surface area contributed by atoms with Gasteiger partial charge in [-0.15, -0.1) is 0 Å². The van der Waals surface area contributed by atoms with Crippen molar-refractivity contribution in [2.45, 2.75) is 23.1 Å². The van der Waals surface area contributed by atoms with E-state index < -0.39 is 0 Å². The van der Waals surface area contributed by atoms with Crippen molar-refractivity contribution in [3.63, 3.8) is 0 Å². The molecule has 0 aromatic heterocycles. The number of hydrogen-bond donors (Lipinski definition) is 1. The molecular weight excluding hydrogens is 292 g/mol. The van der Waals surface area contributed by atoms with Crippen LogP contribution in [0.3, 0.4) is 0 Å². The van der Waals surface area contributed by atoms with Gasteiger partial charge >= 0.3 is 0 Å². The first-order valence-electron chi connectivity index (χ1n) is 7.54. The van der Waals surface area contributed by atoms with Crippen LogP contribution in [0.25, 0.3) is 0 Å². The number of carbonyl (C=O) groups excluding carboxylic acids is 1. The fraction of sp³-hybridized carbons (Fsp3) is 0.278. The van der Waals surface area contributed by atoms with Gasteiger partial charge in [-0.05, 0) is 51.2 Å². The summed E-state index contributed by atoms with van der Waals surface area (Å²) in [7, 11) is 1.97. The Labute approximate surface area is 135 Å². The summed E-state index contributed by atoms with van der Waals surface area (Å²) in [5, 5.41) is 3.20. The Hall–Kier alpha value is -1.78. The van der Waals surface area contributed by atoms with Gasteiger partial charge < -0.3 is 10.2 Å². The van der Waals surface area contributed by atoms with Crippen molar-refractivity contribution in [2.24, 2.45) is 0 Å². The second kappa shape index (κ2) is 6.55. The summed E-state index contributed by atoms with van der Waals surface area (Å²) in [5.74, 6) is 0.113. The number of nitrogens with one attached hydrogen (secondary N) is 1. The van der Waals surface area contributed by atoms with Crippen LogP contribution in [0.15, 0.2) is 52.3 Å². The molecule has 0 unspecified atom stereocenters. The molecule has 0 saturated carbocycles. The number of benzene rings is 2. The predicted molar refractivity (Wildman–Crippen MR) is 92.6 cm³/mol. The maximum Gasteiger partial charge on any atom is 0.159 e. The molecule has 1 aliphatic heterocycles. The molecule has 22 heavy (non-hydrogen) atoms. The van der Waals surface area contributed by atoms with E-state index in [1.165, 1.54) is 15.5 Å². The van der Waals surface area contributed by atoms with Gasteiger partial charge in [0.1, 0.15) is 0 Å². The molecule has 114 valence electrons. The lowest BCUT2D eigenvalue weighted by Crippen LogP contribution is -2.24. The lowest BCUT2D eigenvalue weighted by Gasteiger charge is -2.33. The number of rotatable bonds is 5. The SMILES string of the molecule is CNCCCN1c2ccccc2Sc2ccc(C(C)=O)cc21. The van der Waals surface area contributed by atoms with Gasteiger partial charge in [0.2, 0.25) is 0 Å². The average Bonchev–Trinajstić information content (AvgIpc) is 2.53. The van der Waals surface area contributed by atoms with Gasteiger partial charge in [-0.2, -0.15) is 0 Å². The quantitative estimate of drug-likeness (QED) is 0.665. The van der Waals surface area contributed by atoms with Crippen molar-refractivity contribution in [1.82, 2.24) is 5.32 Å². The molecule has 0 spiro atoms.